The van der Waals surface area contributed by atoms with Crippen LogP contribution in [0.4, 0.5) is 4.39 Å². The first-order chi connectivity index (χ1) is 5.77. The summed E-state index contributed by atoms with van der Waals surface area (Å²) in [6.45, 7) is 0. The summed E-state index contributed by atoms with van der Waals surface area (Å²) in [6.07, 6.45) is 6.90. The minimum Gasteiger partial charge on any atom is -0.294 e. The van der Waals surface area contributed by atoms with Crippen molar-refractivity contribution < 1.29 is 9.18 Å². The van der Waals surface area contributed by atoms with E-state index >= 15 is 0 Å². The van der Waals surface area contributed by atoms with E-state index in [0.717, 1.165) is 0 Å². The fraction of sp³-hybridized carbons (Fsp3) is 0.111. The second kappa shape index (κ2) is 2.52. The summed E-state index contributed by atoms with van der Waals surface area (Å²) < 4.78 is 12.6. The molecule has 0 spiro atoms. The summed E-state index contributed by atoms with van der Waals surface area (Å²) in [4.78, 5) is 15.1. The third-order valence-electron chi connectivity index (χ3n) is 1.82. The fourth-order valence-corrected chi connectivity index (χ4v) is 1.22. The van der Waals surface area contributed by atoms with Gasteiger partial charge in [-0.3, -0.25) is 9.79 Å². The number of carbonyl (C=O) groups is 1. The van der Waals surface area contributed by atoms with Crippen molar-refractivity contribution in [2.45, 2.75) is 0 Å². The number of allylic oxidation sites excluding steroid dienone is 5. The maximum atomic E-state index is 12.6. The Kier molecular flexibility index (Phi) is 1.50. The van der Waals surface area contributed by atoms with Crippen molar-refractivity contribution in [1.82, 2.24) is 0 Å². The summed E-state index contributed by atoms with van der Waals surface area (Å²) in [5.74, 6) is -0.761. The molecular formula is C9H6FNO. The Hall–Kier alpha value is -1.51. The van der Waals surface area contributed by atoms with Gasteiger partial charge in [0.05, 0.1) is 11.6 Å². The van der Waals surface area contributed by atoms with Crippen molar-refractivity contribution in [2.24, 2.45) is 10.9 Å². The summed E-state index contributed by atoms with van der Waals surface area (Å²) in [5, 5.41) is 0. The first-order valence-electron chi connectivity index (χ1n) is 3.61. The van der Waals surface area contributed by atoms with E-state index in [-0.39, 0.29) is 17.5 Å². The lowest BCUT2D eigenvalue weighted by Gasteiger charge is -2.15. The quantitative estimate of drug-likeness (QED) is 0.532. The summed E-state index contributed by atoms with van der Waals surface area (Å²) in [7, 11) is 0. The zero-order chi connectivity index (χ0) is 8.55. The molecule has 0 aromatic rings. The lowest BCUT2D eigenvalue weighted by molar-refractivity contribution is -0.115. The minimum absolute atomic E-state index is 0.0417. The zero-order valence-corrected chi connectivity index (χ0v) is 6.20. The van der Waals surface area contributed by atoms with Crippen molar-refractivity contribution in [2.75, 3.05) is 0 Å². The SMILES string of the molecule is O=C1C=CN=C2C=C(F)C=CC12. The van der Waals surface area contributed by atoms with Gasteiger partial charge in [0.1, 0.15) is 5.83 Å². The number of aliphatic imine (C=N–C) groups is 1. The number of hydrogen-bond acceptors (Lipinski definition) is 2. The highest BCUT2D eigenvalue weighted by Crippen LogP contribution is 2.19. The van der Waals surface area contributed by atoms with Crippen LogP contribution in [0.15, 0.2) is 41.3 Å². The van der Waals surface area contributed by atoms with E-state index < -0.39 is 0 Å². The van der Waals surface area contributed by atoms with Gasteiger partial charge in [0.2, 0.25) is 0 Å². The van der Waals surface area contributed by atoms with Gasteiger partial charge in [-0.05, 0) is 12.2 Å². The maximum absolute atomic E-state index is 12.6. The lowest BCUT2D eigenvalue weighted by atomic mass is 9.92. The molecule has 0 saturated carbocycles. The van der Waals surface area contributed by atoms with Crippen molar-refractivity contribution in [3.8, 4) is 0 Å². The first kappa shape index (κ1) is 7.16. The van der Waals surface area contributed by atoms with Crippen LogP contribution in [0.2, 0.25) is 0 Å². The molecule has 0 fully saturated rings. The molecule has 0 aromatic carbocycles. The van der Waals surface area contributed by atoms with Crippen LogP contribution >= 0.6 is 0 Å². The average Bonchev–Trinajstić information content (AvgIpc) is 2.04. The number of rotatable bonds is 0. The molecule has 1 aliphatic heterocycles. The molecule has 0 N–H and O–H groups in total. The monoisotopic (exact) mass is 163 g/mol. The van der Waals surface area contributed by atoms with Crippen molar-refractivity contribution in [3.63, 3.8) is 0 Å². The Morgan fingerprint density at radius 1 is 1.42 bits per heavy atom. The number of ketones is 1. The molecule has 0 amide bonds. The van der Waals surface area contributed by atoms with E-state index in [4.69, 9.17) is 0 Å². The summed E-state index contributed by atoms with van der Waals surface area (Å²) in [5.41, 5.74) is 0.488. The Balaban J connectivity index is 2.43. The van der Waals surface area contributed by atoms with Crippen molar-refractivity contribution in [3.05, 3.63) is 36.3 Å². The van der Waals surface area contributed by atoms with Crippen LogP contribution in [0.1, 0.15) is 0 Å². The van der Waals surface area contributed by atoms with Gasteiger partial charge in [0, 0.05) is 12.3 Å². The smallest absolute Gasteiger partial charge is 0.170 e. The zero-order valence-electron chi connectivity index (χ0n) is 6.20. The largest absolute Gasteiger partial charge is 0.294 e. The minimum atomic E-state index is -0.366. The molecule has 12 heavy (non-hydrogen) atoms. The van der Waals surface area contributed by atoms with E-state index in [1.54, 1.807) is 0 Å². The van der Waals surface area contributed by atoms with Crippen molar-refractivity contribution in [1.29, 1.82) is 0 Å². The number of fused-ring (bicyclic) bond motifs is 1. The van der Waals surface area contributed by atoms with Gasteiger partial charge in [-0.15, -0.1) is 0 Å². The van der Waals surface area contributed by atoms with Crippen LogP contribution in [0.3, 0.4) is 0 Å². The third kappa shape index (κ3) is 1.03. The van der Waals surface area contributed by atoms with Crippen LogP contribution in [-0.4, -0.2) is 11.5 Å². The highest BCUT2D eigenvalue weighted by molar-refractivity contribution is 6.17. The molecule has 0 radical (unpaired) electrons. The number of carbonyl (C=O) groups excluding carboxylic acids is 1. The van der Waals surface area contributed by atoms with Gasteiger partial charge in [-0.2, -0.15) is 0 Å². The predicted octanol–water partition coefficient (Wildman–Crippen LogP) is 1.56. The molecule has 2 aliphatic rings. The van der Waals surface area contributed by atoms with Crippen LogP contribution < -0.4 is 0 Å². The Bertz CT molecular complexity index is 350. The molecule has 2 nitrogen and oxygen atoms in total. The standard InChI is InChI=1S/C9H6FNO/c10-6-1-2-7-8(5-6)11-4-3-9(7)12/h1-5,7H. The summed E-state index contributed by atoms with van der Waals surface area (Å²) in [6, 6.07) is 0. The van der Waals surface area contributed by atoms with Crippen LogP contribution in [0.25, 0.3) is 0 Å². The molecule has 0 saturated heterocycles. The Morgan fingerprint density at radius 3 is 3.08 bits per heavy atom. The van der Waals surface area contributed by atoms with Crippen LogP contribution in [0, 0.1) is 5.92 Å². The van der Waals surface area contributed by atoms with E-state index in [1.807, 2.05) is 0 Å². The highest BCUT2D eigenvalue weighted by Gasteiger charge is 2.23. The van der Waals surface area contributed by atoms with Gasteiger partial charge < -0.3 is 0 Å². The average molecular weight is 163 g/mol. The first-order valence-corrected chi connectivity index (χ1v) is 3.61. The molecular weight excluding hydrogens is 157 g/mol. The third-order valence-corrected chi connectivity index (χ3v) is 1.82. The second-order valence-corrected chi connectivity index (χ2v) is 2.64. The summed E-state index contributed by atoms with van der Waals surface area (Å²) >= 11 is 0. The van der Waals surface area contributed by atoms with E-state index in [0.29, 0.717) is 5.71 Å². The molecule has 3 heteroatoms. The lowest BCUT2D eigenvalue weighted by Crippen LogP contribution is -2.23. The van der Waals surface area contributed by atoms with Crippen LogP contribution in [0.5, 0.6) is 0 Å². The van der Waals surface area contributed by atoms with E-state index in [1.165, 1.54) is 30.5 Å². The number of nitrogens with zero attached hydrogens (tertiary/aromatic N) is 1. The molecule has 0 bridgehead atoms. The molecule has 60 valence electrons. The highest BCUT2D eigenvalue weighted by atomic mass is 19.1. The van der Waals surface area contributed by atoms with Gasteiger partial charge in [-0.25, -0.2) is 4.39 Å². The topological polar surface area (TPSA) is 29.4 Å². The van der Waals surface area contributed by atoms with Gasteiger partial charge in [0.15, 0.2) is 5.78 Å². The Morgan fingerprint density at radius 2 is 2.25 bits per heavy atom. The van der Waals surface area contributed by atoms with Gasteiger partial charge >= 0.3 is 0 Å². The number of halogens is 1. The van der Waals surface area contributed by atoms with Crippen molar-refractivity contribution >= 4 is 11.5 Å². The molecule has 1 heterocycles. The second-order valence-electron chi connectivity index (χ2n) is 2.64. The molecule has 1 unspecified atom stereocenters. The normalized spacial score (nSPS) is 26.4. The Labute approximate surface area is 68.8 Å². The van der Waals surface area contributed by atoms with E-state index in [2.05, 4.69) is 4.99 Å². The fourth-order valence-electron chi connectivity index (χ4n) is 1.22. The molecule has 0 aromatic heterocycles. The van der Waals surface area contributed by atoms with Crippen LogP contribution in [-0.2, 0) is 4.79 Å². The molecule has 1 aliphatic carbocycles. The van der Waals surface area contributed by atoms with Gasteiger partial charge in [-0.1, -0.05) is 6.08 Å². The predicted molar refractivity (Wildman–Crippen MR) is 43.4 cm³/mol. The number of hydrogen-bond donors (Lipinski definition) is 0. The molecule has 2 rings (SSSR count). The maximum Gasteiger partial charge on any atom is 0.170 e. The van der Waals surface area contributed by atoms with Gasteiger partial charge in [0.25, 0.3) is 0 Å². The van der Waals surface area contributed by atoms with E-state index in [9.17, 15) is 9.18 Å². The molecule has 1 atom stereocenters.